The van der Waals surface area contributed by atoms with Gasteiger partial charge in [0.1, 0.15) is 0 Å². The molecule has 0 heteroatoms. The molecule has 106 valence electrons. The second kappa shape index (κ2) is 7.56. The molecule has 0 aliphatic heterocycles. The molecule has 2 unspecified atom stereocenters. The summed E-state index contributed by atoms with van der Waals surface area (Å²) in [5.41, 5.74) is 0. The van der Waals surface area contributed by atoms with E-state index in [1.165, 1.54) is 51.4 Å². The maximum Gasteiger partial charge on any atom is -0.0386 e. The lowest BCUT2D eigenvalue weighted by molar-refractivity contribution is 0.190. The fourth-order valence-corrected chi connectivity index (χ4v) is 4.43. The van der Waals surface area contributed by atoms with E-state index < -0.39 is 0 Å². The zero-order valence-electron chi connectivity index (χ0n) is 12.8. The van der Waals surface area contributed by atoms with Gasteiger partial charge in [0.15, 0.2) is 0 Å². The van der Waals surface area contributed by atoms with Gasteiger partial charge in [0.05, 0.1) is 0 Å². The van der Waals surface area contributed by atoms with Gasteiger partial charge in [-0.05, 0) is 36.5 Å². The maximum absolute atomic E-state index is 2.45. The predicted molar refractivity (Wildman–Crippen MR) is 80.7 cm³/mol. The van der Waals surface area contributed by atoms with Crippen molar-refractivity contribution in [1.29, 1.82) is 0 Å². The molecule has 0 amide bonds. The summed E-state index contributed by atoms with van der Waals surface area (Å²) in [6.07, 6.45) is 18.2. The van der Waals surface area contributed by atoms with E-state index in [0.717, 1.165) is 23.7 Å². The Labute approximate surface area is 115 Å². The van der Waals surface area contributed by atoms with Crippen molar-refractivity contribution in [1.82, 2.24) is 0 Å². The van der Waals surface area contributed by atoms with Gasteiger partial charge in [-0.3, -0.25) is 0 Å². The molecule has 2 atom stereocenters. The SMILES string of the molecule is CCC1CCCCC(C2CCC(C)CC2)CCC1. The summed E-state index contributed by atoms with van der Waals surface area (Å²) in [5, 5.41) is 0. The van der Waals surface area contributed by atoms with Crippen molar-refractivity contribution in [2.45, 2.75) is 90.9 Å². The first-order chi connectivity index (χ1) is 8.79. The number of hydrogen-bond donors (Lipinski definition) is 0. The average Bonchev–Trinajstić information content (AvgIpc) is 2.51. The lowest BCUT2D eigenvalue weighted by atomic mass is 9.73. The fraction of sp³-hybridized carbons (Fsp3) is 1.00. The van der Waals surface area contributed by atoms with Crippen molar-refractivity contribution < 1.29 is 0 Å². The maximum atomic E-state index is 2.45. The van der Waals surface area contributed by atoms with E-state index in [0.29, 0.717) is 0 Å². The first-order valence-electron chi connectivity index (χ1n) is 8.79. The molecule has 0 nitrogen and oxygen atoms in total. The minimum absolute atomic E-state index is 1.02. The van der Waals surface area contributed by atoms with E-state index in [9.17, 15) is 0 Å². The van der Waals surface area contributed by atoms with E-state index in [1.807, 2.05) is 0 Å². The molecule has 2 aliphatic rings. The third kappa shape index (κ3) is 4.28. The van der Waals surface area contributed by atoms with Crippen LogP contribution in [0.1, 0.15) is 90.9 Å². The summed E-state index contributed by atoms with van der Waals surface area (Å²) in [4.78, 5) is 0. The lowest BCUT2D eigenvalue weighted by Crippen LogP contribution is -2.21. The Hall–Kier alpha value is 0. The molecule has 2 saturated carbocycles. The van der Waals surface area contributed by atoms with E-state index in [2.05, 4.69) is 13.8 Å². The van der Waals surface area contributed by atoms with Crippen LogP contribution >= 0.6 is 0 Å². The van der Waals surface area contributed by atoms with Crippen LogP contribution in [0.2, 0.25) is 0 Å². The topological polar surface area (TPSA) is 0 Å². The third-order valence-electron chi connectivity index (χ3n) is 5.93. The van der Waals surface area contributed by atoms with Crippen molar-refractivity contribution in [2.24, 2.45) is 23.7 Å². The minimum Gasteiger partial charge on any atom is -0.0651 e. The van der Waals surface area contributed by atoms with Gasteiger partial charge in [-0.25, -0.2) is 0 Å². The van der Waals surface area contributed by atoms with Crippen molar-refractivity contribution >= 4 is 0 Å². The van der Waals surface area contributed by atoms with E-state index in [4.69, 9.17) is 0 Å². The molecule has 0 heterocycles. The number of hydrogen-bond acceptors (Lipinski definition) is 0. The van der Waals surface area contributed by atoms with Gasteiger partial charge in [-0.2, -0.15) is 0 Å². The molecule has 2 rings (SSSR count). The van der Waals surface area contributed by atoms with Gasteiger partial charge in [0.25, 0.3) is 0 Å². The lowest BCUT2D eigenvalue weighted by Gasteiger charge is -2.33. The van der Waals surface area contributed by atoms with Crippen LogP contribution in [-0.4, -0.2) is 0 Å². The Kier molecular flexibility index (Phi) is 6.05. The largest absolute Gasteiger partial charge is 0.0651 e. The Bertz CT molecular complexity index is 212. The first kappa shape index (κ1) is 14.4. The van der Waals surface area contributed by atoms with Gasteiger partial charge in [-0.15, -0.1) is 0 Å². The van der Waals surface area contributed by atoms with E-state index in [1.54, 1.807) is 25.7 Å². The highest BCUT2D eigenvalue weighted by molar-refractivity contribution is 4.78. The van der Waals surface area contributed by atoms with Crippen molar-refractivity contribution in [2.75, 3.05) is 0 Å². The summed E-state index contributed by atoms with van der Waals surface area (Å²) >= 11 is 0. The molecular weight excluding hydrogens is 216 g/mol. The van der Waals surface area contributed by atoms with Gasteiger partial charge in [0, 0.05) is 0 Å². The standard InChI is InChI=1S/C18H34/c1-3-16-7-4-5-9-17(10-6-8-16)18-13-11-15(2)12-14-18/h15-18H,3-14H2,1-2H3. The molecule has 0 bridgehead atoms. The Morgan fingerprint density at radius 1 is 0.667 bits per heavy atom. The van der Waals surface area contributed by atoms with Crippen LogP contribution in [-0.2, 0) is 0 Å². The first-order valence-corrected chi connectivity index (χ1v) is 8.79. The Balaban J connectivity index is 1.80. The van der Waals surface area contributed by atoms with Gasteiger partial charge in [-0.1, -0.05) is 78.1 Å². The van der Waals surface area contributed by atoms with Crippen molar-refractivity contribution in [3.8, 4) is 0 Å². The minimum atomic E-state index is 1.02. The normalized spacial score (nSPS) is 39.7. The van der Waals surface area contributed by atoms with Crippen molar-refractivity contribution in [3.05, 3.63) is 0 Å². The van der Waals surface area contributed by atoms with Crippen LogP contribution in [0.4, 0.5) is 0 Å². The summed E-state index contributed by atoms with van der Waals surface area (Å²) in [6, 6.07) is 0. The molecule has 0 aromatic rings. The molecule has 0 aromatic carbocycles. The molecule has 0 radical (unpaired) electrons. The summed E-state index contributed by atoms with van der Waals surface area (Å²) in [5.74, 6) is 4.25. The second-order valence-electron chi connectivity index (χ2n) is 7.27. The van der Waals surface area contributed by atoms with E-state index in [-0.39, 0.29) is 0 Å². The molecule has 2 fully saturated rings. The highest BCUT2D eigenvalue weighted by Gasteiger charge is 2.26. The second-order valence-corrected chi connectivity index (χ2v) is 7.27. The zero-order chi connectivity index (χ0) is 12.8. The monoisotopic (exact) mass is 250 g/mol. The highest BCUT2D eigenvalue weighted by atomic mass is 14.3. The van der Waals surface area contributed by atoms with Gasteiger partial charge >= 0.3 is 0 Å². The highest BCUT2D eigenvalue weighted by Crippen LogP contribution is 2.39. The Morgan fingerprint density at radius 3 is 1.94 bits per heavy atom. The van der Waals surface area contributed by atoms with Crippen LogP contribution in [0.25, 0.3) is 0 Å². The van der Waals surface area contributed by atoms with Gasteiger partial charge < -0.3 is 0 Å². The molecule has 0 saturated heterocycles. The molecular formula is C18H34. The van der Waals surface area contributed by atoms with Crippen LogP contribution in [0, 0.1) is 23.7 Å². The van der Waals surface area contributed by atoms with Crippen LogP contribution < -0.4 is 0 Å². The third-order valence-corrected chi connectivity index (χ3v) is 5.93. The predicted octanol–water partition coefficient (Wildman–Crippen LogP) is 6.20. The molecule has 0 spiro atoms. The summed E-state index contributed by atoms with van der Waals surface area (Å²) in [6.45, 7) is 4.84. The van der Waals surface area contributed by atoms with Crippen LogP contribution in [0.5, 0.6) is 0 Å². The summed E-state index contributed by atoms with van der Waals surface area (Å²) < 4.78 is 0. The van der Waals surface area contributed by atoms with Crippen molar-refractivity contribution in [3.63, 3.8) is 0 Å². The smallest absolute Gasteiger partial charge is 0.0386 e. The van der Waals surface area contributed by atoms with Gasteiger partial charge in [0.2, 0.25) is 0 Å². The zero-order valence-corrected chi connectivity index (χ0v) is 12.8. The average molecular weight is 250 g/mol. The summed E-state index contributed by atoms with van der Waals surface area (Å²) in [7, 11) is 0. The van der Waals surface area contributed by atoms with E-state index >= 15 is 0 Å². The molecule has 0 aromatic heterocycles. The number of rotatable bonds is 2. The quantitative estimate of drug-likeness (QED) is 0.547. The Morgan fingerprint density at radius 2 is 1.22 bits per heavy atom. The molecule has 0 N–H and O–H groups in total. The fourth-order valence-electron chi connectivity index (χ4n) is 4.43. The molecule has 18 heavy (non-hydrogen) atoms. The molecule has 2 aliphatic carbocycles. The van der Waals surface area contributed by atoms with Crippen LogP contribution in [0.3, 0.4) is 0 Å². The van der Waals surface area contributed by atoms with Crippen LogP contribution in [0.15, 0.2) is 0 Å².